The molecule has 6 heteroatoms. The van der Waals surface area contributed by atoms with Gasteiger partial charge in [-0.15, -0.1) is 0 Å². The molecule has 2 aliphatic rings. The van der Waals surface area contributed by atoms with E-state index in [0.717, 1.165) is 32.5 Å². The third kappa shape index (κ3) is 2.28. The van der Waals surface area contributed by atoms with Crippen LogP contribution in [0.25, 0.3) is 0 Å². The Morgan fingerprint density at radius 2 is 2.10 bits per heavy atom. The summed E-state index contributed by atoms with van der Waals surface area (Å²) in [6.45, 7) is 2.90. The molecule has 3 rings (SSSR count). The van der Waals surface area contributed by atoms with Crippen molar-refractivity contribution in [2.24, 2.45) is 7.05 Å². The number of urea groups is 1. The van der Waals surface area contributed by atoms with Gasteiger partial charge in [0.1, 0.15) is 0 Å². The highest BCUT2D eigenvalue weighted by Gasteiger charge is 2.44. The van der Waals surface area contributed by atoms with Gasteiger partial charge in [-0.1, -0.05) is 0 Å². The molecule has 0 radical (unpaired) electrons. The third-order valence-corrected chi connectivity index (χ3v) is 4.46. The van der Waals surface area contributed by atoms with Gasteiger partial charge in [-0.2, -0.15) is 5.10 Å². The Labute approximate surface area is 119 Å². The summed E-state index contributed by atoms with van der Waals surface area (Å²) in [5.41, 5.74) is 1.26. The predicted molar refractivity (Wildman–Crippen MR) is 76.2 cm³/mol. The molecule has 0 aliphatic carbocycles. The highest BCUT2D eigenvalue weighted by atomic mass is 16.2. The SMILES string of the molecule is CN(C)C(=O)N1CCC2C1CCN2Cc1cnn(C)c1. The van der Waals surface area contributed by atoms with Crippen LogP contribution >= 0.6 is 0 Å². The molecule has 2 saturated heterocycles. The number of nitrogens with zero attached hydrogens (tertiary/aromatic N) is 5. The van der Waals surface area contributed by atoms with Gasteiger partial charge in [0, 0.05) is 58.6 Å². The van der Waals surface area contributed by atoms with E-state index in [1.807, 2.05) is 36.9 Å². The Bertz CT molecular complexity index is 498. The third-order valence-electron chi connectivity index (χ3n) is 4.46. The highest BCUT2D eigenvalue weighted by Crippen LogP contribution is 2.32. The number of amides is 2. The number of carbonyl (C=O) groups is 1. The molecule has 2 aliphatic heterocycles. The van der Waals surface area contributed by atoms with Crippen LogP contribution in [0, 0.1) is 0 Å². The van der Waals surface area contributed by atoms with Gasteiger partial charge in [-0.25, -0.2) is 4.79 Å². The van der Waals surface area contributed by atoms with Crippen LogP contribution in [-0.4, -0.2) is 69.8 Å². The number of hydrogen-bond acceptors (Lipinski definition) is 3. The maximum atomic E-state index is 12.2. The second-order valence-electron chi connectivity index (χ2n) is 6.08. The van der Waals surface area contributed by atoms with Gasteiger partial charge < -0.3 is 9.80 Å². The van der Waals surface area contributed by atoms with E-state index in [0.29, 0.717) is 12.1 Å². The molecular formula is C14H23N5O. The van der Waals surface area contributed by atoms with Gasteiger partial charge in [0.2, 0.25) is 0 Å². The Morgan fingerprint density at radius 1 is 1.35 bits per heavy atom. The summed E-state index contributed by atoms with van der Waals surface area (Å²) in [4.78, 5) is 18.4. The Hall–Kier alpha value is -1.56. The normalized spacial score (nSPS) is 26.1. The standard InChI is InChI=1S/C14H23N5O/c1-16(2)14(20)19-7-5-12-13(19)4-6-18(12)10-11-8-15-17(3)9-11/h8-9,12-13H,4-7,10H2,1-3H3. The van der Waals surface area contributed by atoms with Gasteiger partial charge in [0.25, 0.3) is 0 Å². The Kier molecular flexibility index (Phi) is 3.41. The van der Waals surface area contributed by atoms with Crippen LogP contribution in [0.4, 0.5) is 4.79 Å². The van der Waals surface area contributed by atoms with Gasteiger partial charge >= 0.3 is 6.03 Å². The molecule has 2 fully saturated rings. The quantitative estimate of drug-likeness (QED) is 0.801. The number of hydrogen-bond donors (Lipinski definition) is 0. The molecule has 0 N–H and O–H groups in total. The predicted octanol–water partition coefficient (Wildman–Crippen LogP) is 0.750. The fraction of sp³-hybridized carbons (Fsp3) is 0.714. The lowest BCUT2D eigenvalue weighted by atomic mass is 10.1. The molecule has 0 bridgehead atoms. The molecule has 2 unspecified atom stereocenters. The molecule has 2 amide bonds. The van der Waals surface area contributed by atoms with E-state index in [1.165, 1.54) is 5.56 Å². The van der Waals surface area contributed by atoms with E-state index >= 15 is 0 Å². The Balaban J connectivity index is 1.66. The average molecular weight is 277 g/mol. The number of fused-ring (bicyclic) bond motifs is 1. The number of aryl methyl sites for hydroxylation is 1. The van der Waals surface area contributed by atoms with Crippen molar-refractivity contribution < 1.29 is 4.79 Å². The lowest BCUT2D eigenvalue weighted by Crippen LogP contribution is -2.44. The van der Waals surface area contributed by atoms with Crippen LogP contribution in [0.2, 0.25) is 0 Å². The number of rotatable bonds is 2. The summed E-state index contributed by atoms with van der Waals surface area (Å²) >= 11 is 0. The lowest BCUT2D eigenvalue weighted by molar-refractivity contribution is 0.162. The number of aromatic nitrogens is 2. The first-order valence-corrected chi connectivity index (χ1v) is 7.26. The molecular weight excluding hydrogens is 254 g/mol. The van der Waals surface area contributed by atoms with E-state index in [9.17, 15) is 4.79 Å². The zero-order chi connectivity index (χ0) is 14.3. The maximum absolute atomic E-state index is 12.2. The van der Waals surface area contributed by atoms with Crippen molar-refractivity contribution in [1.82, 2.24) is 24.5 Å². The summed E-state index contributed by atoms with van der Waals surface area (Å²) in [6, 6.07) is 1.06. The number of carbonyl (C=O) groups excluding carboxylic acids is 1. The molecule has 20 heavy (non-hydrogen) atoms. The summed E-state index contributed by atoms with van der Waals surface area (Å²) in [5, 5.41) is 4.23. The zero-order valence-electron chi connectivity index (χ0n) is 12.5. The van der Waals surface area contributed by atoms with Crippen molar-refractivity contribution in [2.45, 2.75) is 31.5 Å². The maximum Gasteiger partial charge on any atom is 0.319 e. The monoisotopic (exact) mass is 277 g/mol. The van der Waals surface area contributed by atoms with Crippen LogP contribution < -0.4 is 0 Å². The van der Waals surface area contributed by atoms with Crippen LogP contribution in [0.15, 0.2) is 12.4 Å². The lowest BCUT2D eigenvalue weighted by Gasteiger charge is -2.27. The van der Waals surface area contributed by atoms with Gasteiger partial charge in [0.05, 0.1) is 12.2 Å². The van der Waals surface area contributed by atoms with Crippen molar-refractivity contribution in [3.63, 3.8) is 0 Å². The molecule has 110 valence electrons. The van der Waals surface area contributed by atoms with Gasteiger partial charge in [-0.3, -0.25) is 9.58 Å². The van der Waals surface area contributed by atoms with Crippen LogP contribution in [-0.2, 0) is 13.6 Å². The molecule has 2 atom stereocenters. The van der Waals surface area contributed by atoms with Crippen molar-refractivity contribution >= 4 is 6.03 Å². The summed E-state index contributed by atoms with van der Waals surface area (Å²) in [6.07, 6.45) is 6.19. The molecule has 0 saturated carbocycles. The van der Waals surface area contributed by atoms with E-state index in [4.69, 9.17) is 0 Å². The molecule has 6 nitrogen and oxygen atoms in total. The summed E-state index contributed by atoms with van der Waals surface area (Å²) in [5.74, 6) is 0. The highest BCUT2D eigenvalue weighted by molar-refractivity contribution is 5.74. The number of likely N-dealkylation sites (tertiary alicyclic amines) is 2. The minimum atomic E-state index is 0.153. The first-order valence-electron chi connectivity index (χ1n) is 7.26. The average Bonchev–Trinajstić information content (AvgIpc) is 3.07. The molecule has 0 aromatic carbocycles. The topological polar surface area (TPSA) is 44.6 Å². The summed E-state index contributed by atoms with van der Waals surface area (Å²) in [7, 11) is 5.61. The van der Waals surface area contributed by atoms with E-state index in [-0.39, 0.29) is 6.03 Å². The van der Waals surface area contributed by atoms with Crippen molar-refractivity contribution in [3.8, 4) is 0 Å². The van der Waals surface area contributed by atoms with Crippen molar-refractivity contribution in [1.29, 1.82) is 0 Å². The fourth-order valence-electron chi connectivity index (χ4n) is 3.55. The van der Waals surface area contributed by atoms with E-state index in [1.54, 1.807) is 4.90 Å². The van der Waals surface area contributed by atoms with Crippen LogP contribution in [0.3, 0.4) is 0 Å². The minimum absolute atomic E-state index is 0.153. The Morgan fingerprint density at radius 3 is 2.75 bits per heavy atom. The van der Waals surface area contributed by atoms with Crippen LogP contribution in [0.5, 0.6) is 0 Å². The van der Waals surface area contributed by atoms with Gasteiger partial charge in [0.15, 0.2) is 0 Å². The van der Waals surface area contributed by atoms with E-state index < -0.39 is 0 Å². The molecule has 1 aromatic rings. The molecule has 0 spiro atoms. The first kappa shape index (κ1) is 13.4. The molecule has 1 aromatic heterocycles. The summed E-state index contributed by atoms with van der Waals surface area (Å²) < 4.78 is 1.85. The largest absolute Gasteiger partial charge is 0.331 e. The van der Waals surface area contributed by atoms with Crippen molar-refractivity contribution in [3.05, 3.63) is 18.0 Å². The minimum Gasteiger partial charge on any atom is -0.331 e. The van der Waals surface area contributed by atoms with Crippen LogP contribution in [0.1, 0.15) is 18.4 Å². The second kappa shape index (κ2) is 5.09. The van der Waals surface area contributed by atoms with Crippen molar-refractivity contribution in [2.75, 3.05) is 27.2 Å². The fourth-order valence-corrected chi connectivity index (χ4v) is 3.55. The van der Waals surface area contributed by atoms with Gasteiger partial charge in [-0.05, 0) is 12.8 Å². The zero-order valence-corrected chi connectivity index (χ0v) is 12.5. The first-order chi connectivity index (χ1) is 9.56. The molecule has 3 heterocycles. The second-order valence-corrected chi connectivity index (χ2v) is 6.08. The van der Waals surface area contributed by atoms with E-state index in [2.05, 4.69) is 16.2 Å². The smallest absolute Gasteiger partial charge is 0.319 e.